The summed E-state index contributed by atoms with van der Waals surface area (Å²) in [6.07, 6.45) is 0. The average molecular weight is 509 g/mol. The molecule has 4 aromatic rings. The van der Waals surface area contributed by atoms with Gasteiger partial charge in [-0.2, -0.15) is 0 Å². The van der Waals surface area contributed by atoms with Gasteiger partial charge in [0.1, 0.15) is 11.5 Å². The molecule has 0 saturated carbocycles. The zero-order chi connectivity index (χ0) is 26.4. The molecule has 0 N–H and O–H groups in total. The Morgan fingerprint density at radius 2 is 0.789 bits per heavy atom. The number of para-hydroxylation sites is 2. The van der Waals surface area contributed by atoms with E-state index < -0.39 is 0 Å². The maximum absolute atomic E-state index is 13.2. The molecule has 0 saturated heterocycles. The van der Waals surface area contributed by atoms with Gasteiger partial charge in [-0.15, -0.1) is 0 Å². The van der Waals surface area contributed by atoms with Gasteiger partial charge in [0, 0.05) is 26.2 Å². The van der Waals surface area contributed by atoms with E-state index in [1.54, 1.807) is 9.80 Å². The number of ether oxygens (including phenoxy) is 2. The third-order valence-corrected chi connectivity index (χ3v) is 5.99. The van der Waals surface area contributed by atoms with Crippen molar-refractivity contribution in [1.82, 2.24) is 9.80 Å². The summed E-state index contributed by atoms with van der Waals surface area (Å²) in [5, 5.41) is 0. The summed E-state index contributed by atoms with van der Waals surface area (Å²) < 4.78 is 11.5. The number of carbonyl (C=O) groups excluding carboxylic acids is 2. The van der Waals surface area contributed by atoms with Crippen LogP contribution in [-0.4, -0.2) is 47.9 Å². The minimum Gasteiger partial charge on any atom is -0.484 e. The second-order valence-corrected chi connectivity index (χ2v) is 8.81. The fourth-order valence-electron chi connectivity index (χ4n) is 3.94. The number of carbonyl (C=O) groups is 2. The van der Waals surface area contributed by atoms with Crippen LogP contribution in [0.4, 0.5) is 0 Å². The molecule has 0 aliphatic rings. The van der Waals surface area contributed by atoms with E-state index in [1.165, 1.54) is 0 Å². The van der Waals surface area contributed by atoms with Crippen LogP contribution in [0.1, 0.15) is 11.1 Å². The van der Waals surface area contributed by atoms with E-state index in [0.717, 1.165) is 11.1 Å². The summed E-state index contributed by atoms with van der Waals surface area (Å²) in [7, 11) is 0. The summed E-state index contributed by atoms with van der Waals surface area (Å²) in [5.41, 5.74) is 2.02. The molecule has 6 heteroatoms. The molecular formula is C32H32N2O4. The van der Waals surface area contributed by atoms with E-state index >= 15 is 0 Å². The molecule has 0 aliphatic heterocycles. The maximum Gasteiger partial charge on any atom is 0.260 e. The molecule has 4 rings (SSSR count). The molecule has 0 bridgehead atoms. The van der Waals surface area contributed by atoms with Gasteiger partial charge in [-0.3, -0.25) is 9.59 Å². The van der Waals surface area contributed by atoms with Crippen molar-refractivity contribution in [2.24, 2.45) is 0 Å². The smallest absolute Gasteiger partial charge is 0.260 e. The lowest BCUT2D eigenvalue weighted by Crippen LogP contribution is -2.43. The Balaban J connectivity index is 1.44. The Labute approximate surface area is 224 Å². The molecule has 4 aromatic carbocycles. The summed E-state index contributed by atoms with van der Waals surface area (Å²) in [6.45, 7) is 1.39. The Morgan fingerprint density at radius 3 is 1.13 bits per heavy atom. The van der Waals surface area contributed by atoms with Crippen LogP contribution in [0.2, 0.25) is 0 Å². The summed E-state index contributed by atoms with van der Waals surface area (Å²) in [4.78, 5) is 30.0. The molecule has 0 unspecified atom stereocenters. The van der Waals surface area contributed by atoms with Crippen molar-refractivity contribution in [2.75, 3.05) is 26.3 Å². The predicted octanol–water partition coefficient (Wildman–Crippen LogP) is 5.20. The van der Waals surface area contributed by atoms with Crippen molar-refractivity contribution >= 4 is 11.8 Å². The van der Waals surface area contributed by atoms with Gasteiger partial charge in [-0.25, -0.2) is 0 Å². The Bertz CT molecular complexity index is 1150. The standard InChI is InChI=1S/C32H32N2O4/c35-31(25-37-29-17-9-3-10-18-29)33(23-27-13-5-1-6-14-27)21-22-34(24-28-15-7-2-8-16-28)32(36)26-38-30-19-11-4-12-20-30/h1-20H,21-26H2. The third kappa shape index (κ3) is 8.52. The van der Waals surface area contributed by atoms with E-state index in [-0.39, 0.29) is 25.0 Å². The van der Waals surface area contributed by atoms with Crippen LogP contribution in [-0.2, 0) is 22.7 Å². The number of hydrogen-bond donors (Lipinski definition) is 0. The quantitative estimate of drug-likeness (QED) is 0.249. The molecule has 38 heavy (non-hydrogen) atoms. The van der Waals surface area contributed by atoms with Gasteiger partial charge in [0.05, 0.1) is 0 Å². The highest BCUT2D eigenvalue weighted by molar-refractivity contribution is 5.79. The normalized spacial score (nSPS) is 10.4. The average Bonchev–Trinajstić information content (AvgIpc) is 2.98. The number of benzene rings is 4. The molecule has 0 aromatic heterocycles. The fraction of sp³-hybridized carbons (Fsp3) is 0.188. The van der Waals surface area contributed by atoms with Crippen LogP contribution in [0.3, 0.4) is 0 Å². The van der Waals surface area contributed by atoms with Gasteiger partial charge in [-0.05, 0) is 35.4 Å². The number of hydrogen-bond acceptors (Lipinski definition) is 4. The number of rotatable bonds is 13. The second kappa shape index (κ2) is 14.2. The second-order valence-electron chi connectivity index (χ2n) is 8.81. The molecule has 0 spiro atoms. The first-order chi connectivity index (χ1) is 18.7. The molecule has 0 aliphatic carbocycles. The fourth-order valence-corrected chi connectivity index (χ4v) is 3.94. The SMILES string of the molecule is O=C(COc1ccccc1)N(CCN(Cc1ccccc1)C(=O)COc1ccccc1)Cc1ccccc1. The molecular weight excluding hydrogens is 476 g/mol. The van der Waals surface area contributed by atoms with Crippen LogP contribution >= 0.6 is 0 Å². The Morgan fingerprint density at radius 1 is 0.474 bits per heavy atom. The highest BCUT2D eigenvalue weighted by atomic mass is 16.5. The highest BCUT2D eigenvalue weighted by Crippen LogP contribution is 2.13. The summed E-state index contributed by atoms with van der Waals surface area (Å²) in [6, 6.07) is 38.2. The van der Waals surface area contributed by atoms with Gasteiger partial charge in [0.25, 0.3) is 11.8 Å². The lowest BCUT2D eigenvalue weighted by Gasteiger charge is -2.28. The first kappa shape index (κ1) is 26.5. The number of nitrogens with zero attached hydrogens (tertiary/aromatic N) is 2. The van der Waals surface area contributed by atoms with E-state index in [9.17, 15) is 9.59 Å². The van der Waals surface area contributed by atoms with Gasteiger partial charge in [0.15, 0.2) is 13.2 Å². The van der Waals surface area contributed by atoms with E-state index in [0.29, 0.717) is 37.7 Å². The predicted molar refractivity (Wildman–Crippen MR) is 148 cm³/mol. The maximum atomic E-state index is 13.2. The molecule has 194 valence electrons. The van der Waals surface area contributed by atoms with E-state index in [1.807, 2.05) is 121 Å². The van der Waals surface area contributed by atoms with Crippen molar-refractivity contribution in [3.05, 3.63) is 132 Å². The minimum absolute atomic E-state index is 0.0827. The summed E-state index contributed by atoms with van der Waals surface area (Å²) in [5.74, 6) is 0.981. The van der Waals surface area contributed by atoms with Crippen molar-refractivity contribution in [3.8, 4) is 11.5 Å². The molecule has 0 fully saturated rings. The van der Waals surface area contributed by atoms with Gasteiger partial charge in [-0.1, -0.05) is 97.1 Å². The highest BCUT2D eigenvalue weighted by Gasteiger charge is 2.20. The van der Waals surface area contributed by atoms with Crippen LogP contribution in [0.5, 0.6) is 11.5 Å². The Hall–Kier alpha value is -4.58. The molecule has 6 nitrogen and oxygen atoms in total. The van der Waals surface area contributed by atoms with Gasteiger partial charge in [0.2, 0.25) is 0 Å². The Kier molecular flexibility index (Phi) is 9.92. The first-order valence-electron chi connectivity index (χ1n) is 12.7. The zero-order valence-corrected chi connectivity index (χ0v) is 21.3. The van der Waals surface area contributed by atoms with Gasteiger partial charge < -0.3 is 19.3 Å². The zero-order valence-electron chi connectivity index (χ0n) is 21.3. The van der Waals surface area contributed by atoms with Crippen molar-refractivity contribution in [1.29, 1.82) is 0 Å². The van der Waals surface area contributed by atoms with Crippen molar-refractivity contribution < 1.29 is 19.1 Å². The molecule has 2 amide bonds. The van der Waals surface area contributed by atoms with E-state index in [2.05, 4.69) is 0 Å². The lowest BCUT2D eigenvalue weighted by molar-refractivity contribution is -0.138. The van der Waals surface area contributed by atoms with Crippen LogP contribution in [0.15, 0.2) is 121 Å². The third-order valence-electron chi connectivity index (χ3n) is 5.99. The first-order valence-corrected chi connectivity index (χ1v) is 12.7. The summed E-state index contributed by atoms with van der Waals surface area (Å²) >= 11 is 0. The van der Waals surface area contributed by atoms with Gasteiger partial charge >= 0.3 is 0 Å². The minimum atomic E-state index is -0.148. The molecule has 0 radical (unpaired) electrons. The van der Waals surface area contributed by atoms with Crippen LogP contribution < -0.4 is 9.47 Å². The van der Waals surface area contributed by atoms with Crippen LogP contribution in [0, 0.1) is 0 Å². The van der Waals surface area contributed by atoms with Crippen molar-refractivity contribution in [3.63, 3.8) is 0 Å². The van der Waals surface area contributed by atoms with Crippen LogP contribution in [0.25, 0.3) is 0 Å². The number of amides is 2. The lowest BCUT2D eigenvalue weighted by atomic mass is 10.2. The van der Waals surface area contributed by atoms with E-state index in [4.69, 9.17) is 9.47 Å². The largest absolute Gasteiger partial charge is 0.484 e. The topological polar surface area (TPSA) is 59.1 Å². The molecule has 0 atom stereocenters. The molecule has 0 heterocycles. The van der Waals surface area contributed by atoms with Crippen molar-refractivity contribution in [2.45, 2.75) is 13.1 Å². The monoisotopic (exact) mass is 508 g/mol.